The number of nitrogens with zero attached hydrogens (tertiary/aromatic N) is 1. The highest BCUT2D eigenvalue weighted by atomic mass is 79.9. The number of hydrogen-bond donors (Lipinski definition) is 2. The van der Waals surface area contributed by atoms with E-state index in [1.165, 1.54) is 6.20 Å². The lowest BCUT2D eigenvalue weighted by Crippen LogP contribution is -2.14. The molecule has 1 aromatic carbocycles. The maximum atomic E-state index is 11.9. The molecule has 0 bridgehead atoms. The van der Waals surface area contributed by atoms with Crippen LogP contribution < -0.4 is 5.32 Å². The molecule has 0 saturated heterocycles. The van der Waals surface area contributed by atoms with Gasteiger partial charge in [-0.15, -0.1) is 0 Å². The molecule has 1 amide bonds. The summed E-state index contributed by atoms with van der Waals surface area (Å²) in [5.74, 6) is -1.08. The molecule has 0 atom stereocenters. The van der Waals surface area contributed by atoms with Gasteiger partial charge in [0.1, 0.15) is 0 Å². The summed E-state index contributed by atoms with van der Waals surface area (Å²) >= 11 is 3.34. The molecule has 5 nitrogen and oxygen atoms in total. The minimum Gasteiger partial charge on any atom is -0.481 e. The summed E-state index contributed by atoms with van der Waals surface area (Å²) in [6.07, 6.45) is 1.59. The first-order valence-electron chi connectivity index (χ1n) is 6.24. The van der Waals surface area contributed by atoms with Gasteiger partial charge in [0.15, 0.2) is 0 Å². The van der Waals surface area contributed by atoms with Gasteiger partial charge in [-0.2, -0.15) is 0 Å². The lowest BCUT2D eigenvalue weighted by atomic mass is 10.1. The summed E-state index contributed by atoms with van der Waals surface area (Å²) in [6, 6.07) is 10.7. The number of aliphatic carboxylic acids is 1. The molecule has 0 unspecified atom stereocenters. The molecular weight excluding hydrogens is 336 g/mol. The van der Waals surface area contributed by atoms with Crippen LogP contribution in [-0.4, -0.2) is 22.0 Å². The zero-order chi connectivity index (χ0) is 15.2. The number of carbonyl (C=O) groups excluding carboxylic acids is 1. The van der Waals surface area contributed by atoms with E-state index in [0.717, 1.165) is 10.0 Å². The number of hydrogen-bond acceptors (Lipinski definition) is 3. The Labute approximate surface area is 130 Å². The topological polar surface area (TPSA) is 79.3 Å². The first kappa shape index (κ1) is 15.2. The second kappa shape index (κ2) is 6.99. The SMILES string of the molecule is O=C(O)Cc1ccc(NC(=O)Cc2ccc(Br)cc2)cn1. The lowest BCUT2D eigenvalue weighted by Gasteiger charge is -2.06. The van der Waals surface area contributed by atoms with Crippen LogP contribution in [0.2, 0.25) is 0 Å². The predicted octanol–water partition coefficient (Wildman–Crippen LogP) is 2.65. The maximum Gasteiger partial charge on any atom is 0.309 e. The number of halogens is 1. The fourth-order valence-corrected chi connectivity index (χ4v) is 2.02. The molecule has 0 aliphatic heterocycles. The maximum absolute atomic E-state index is 11.9. The Kier molecular flexibility index (Phi) is 5.05. The Morgan fingerprint density at radius 2 is 1.81 bits per heavy atom. The smallest absolute Gasteiger partial charge is 0.309 e. The molecule has 2 aromatic rings. The number of amides is 1. The molecule has 0 fully saturated rings. The minimum absolute atomic E-state index is 0.132. The average Bonchev–Trinajstić information content (AvgIpc) is 2.43. The molecule has 0 aliphatic carbocycles. The second-order valence-electron chi connectivity index (χ2n) is 4.46. The van der Waals surface area contributed by atoms with Gasteiger partial charge in [0.2, 0.25) is 5.91 Å². The summed E-state index contributed by atoms with van der Waals surface area (Å²) in [5.41, 5.74) is 1.91. The van der Waals surface area contributed by atoms with Crippen LogP contribution in [-0.2, 0) is 22.4 Å². The van der Waals surface area contributed by atoms with E-state index < -0.39 is 5.97 Å². The molecule has 2 rings (SSSR count). The number of aromatic nitrogens is 1. The zero-order valence-corrected chi connectivity index (χ0v) is 12.6. The van der Waals surface area contributed by atoms with Crippen molar-refractivity contribution in [3.05, 3.63) is 58.3 Å². The van der Waals surface area contributed by atoms with Crippen molar-refractivity contribution in [1.29, 1.82) is 0 Å². The van der Waals surface area contributed by atoms with Crippen LogP contribution in [0.15, 0.2) is 47.1 Å². The molecule has 108 valence electrons. The summed E-state index contributed by atoms with van der Waals surface area (Å²) in [4.78, 5) is 26.4. The Bertz CT molecular complexity index is 639. The summed E-state index contributed by atoms with van der Waals surface area (Å²) < 4.78 is 0.963. The first-order chi connectivity index (χ1) is 10.0. The van der Waals surface area contributed by atoms with E-state index >= 15 is 0 Å². The monoisotopic (exact) mass is 348 g/mol. The van der Waals surface area contributed by atoms with Gasteiger partial charge in [0, 0.05) is 4.47 Å². The van der Waals surface area contributed by atoms with E-state index in [9.17, 15) is 9.59 Å². The van der Waals surface area contributed by atoms with Crippen molar-refractivity contribution in [3.8, 4) is 0 Å². The van der Waals surface area contributed by atoms with E-state index in [2.05, 4.69) is 26.2 Å². The molecule has 6 heteroatoms. The van der Waals surface area contributed by atoms with Gasteiger partial charge in [-0.1, -0.05) is 28.1 Å². The molecule has 1 heterocycles. The molecule has 1 aromatic heterocycles. The molecule has 0 spiro atoms. The fourth-order valence-electron chi connectivity index (χ4n) is 1.75. The normalized spacial score (nSPS) is 10.1. The van der Waals surface area contributed by atoms with E-state index in [0.29, 0.717) is 11.4 Å². The first-order valence-corrected chi connectivity index (χ1v) is 7.03. The predicted molar refractivity (Wildman–Crippen MR) is 82.1 cm³/mol. The van der Waals surface area contributed by atoms with Crippen LogP contribution in [0.4, 0.5) is 5.69 Å². The number of nitrogens with one attached hydrogen (secondary N) is 1. The van der Waals surface area contributed by atoms with Gasteiger partial charge >= 0.3 is 5.97 Å². The van der Waals surface area contributed by atoms with Gasteiger partial charge in [-0.05, 0) is 29.8 Å². The molecule has 0 radical (unpaired) electrons. The largest absolute Gasteiger partial charge is 0.481 e. The zero-order valence-electron chi connectivity index (χ0n) is 11.0. The molecule has 21 heavy (non-hydrogen) atoms. The third-order valence-electron chi connectivity index (χ3n) is 2.72. The minimum atomic E-state index is -0.936. The standard InChI is InChI=1S/C15H13BrN2O3/c16-11-3-1-10(2-4-11)7-14(19)18-13-6-5-12(17-9-13)8-15(20)21/h1-6,9H,7-8H2,(H,18,19)(H,20,21). The summed E-state index contributed by atoms with van der Waals surface area (Å²) in [5, 5.41) is 11.4. The Hall–Kier alpha value is -2.21. The van der Waals surface area contributed by atoms with Crippen molar-refractivity contribution in [3.63, 3.8) is 0 Å². The number of carboxylic acid groups (broad SMARTS) is 1. The highest BCUT2D eigenvalue weighted by Crippen LogP contribution is 2.12. The lowest BCUT2D eigenvalue weighted by molar-refractivity contribution is -0.136. The van der Waals surface area contributed by atoms with E-state index in [1.54, 1.807) is 12.1 Å². The van der Waals surface area contributed by atoms with Gasteiger partial charge in [0.05, 0.1) is 30.4 Å². The number of anilines is 1. The van der Waals surface area contributed by atoms with E-state index in [4.69, 9.17) is 5.11 Å². The van der Waals surface area contributed by atoms with Crippen molar-refractivity contribution < 1.29 is 14.7 Å². The van der Waals surface area contributed by atoms with Crippen molar-refractivity contribution in [2.75, 3.05) is 5.32 Å². The van der Waals surface area contributed by atoms with Crippen LogP contribution in [0.3, 0.4) is 0 Å². The molecule has 0 saturated carbocycles. The third-order valence-corrected chi connectivity index (χ3v) is 3.25. The van der Waals surface area contributed by atoms with Gasteiger partial charge in [-0.25, -0.2) is 0 Å². The van der Waals surface area contributed by atoms with Crippen LogP contribution >= 0.6 is 15.9 Å². The van der Waals surface area contributed by atoms with Gasteiger partial charge in [0.25, 0.3) is 0 Å². The van der Waals surface area contributed by atoms with Crippen molar-refractivity contribution in [2.45, 2.75) is 12.8 Å². The molecule has 0 aliphatic rings. The summed E-state index contributed by atoms with van der Waals surface area (Å²) in [6.45, 7) is 0. The number of benzene rings is 1. The quantitative estimate of drug-likeness (QED) is 0.870. The van der Waals surface area contributed by atoms with Gasteiger partial charge < -0.3 is 10.4 Å². The van der Waals surface area contributed by atoms with Gasteiger partial charge in [-0.3, -0.25) is 14.6 Å². The number of pyridine rings is 1. The van der Waals surface area contributed by atoms with Crippen LogP contribution in [0.1, 0.15) is 11.3 Å². The number of carbonyl (C=O) groups is 2. The van der Waals surface area contributed by atoms with Crippen LogP contribution in [0, 0.1) is 0 Å². The summed E-state index contributed by atoms with van der Waals surface area (Å²) in [7, 11) is 0. The second-order valence-corrected chi connectivity index (χ2v) is 5.38. The Morgan fingerprint density at radius 1 is 1.10 bits per heavy atom. The van der Waals surface area contributed by atoms with E-state index in [-0.39, 0.29) is 18.7 Å². The number of rotatable bonds is 5. The average molecular weight is 349 g/mol. The van der Waals surface area contributed by atoms with Crippen LogP contribution in [0.5, 0.6) is 0 Å². The van der Waals surface area contributed by atoms with E-state index in [1.807, 2.05) is 24.3 Å². The molecule has 2 N–H and O–H groups in total. The highest BCUT2D eigenvalue weighted by Gasteiger charge is 2.06. The van der Waals surface area contributed by atoms with Crippen molar-refractivity contribution >= 4 is 33.5 Å². The molecular formula is C15H13BrN2O3. The number of carboxylic acids is 1. The Balaban J connectivity index is 1.93. The van der Waals surface area contributed by atoms with Crippen molar-refractivity contribution in [2.24, 2.45) is 0 Å². The Morgan fingerprint density at radius 3 is 2.38 bits per heavy atom. The van der Waals surface area contributed by atoms with Crippen LogP contribution in [0.25, 0.3) is 0 Å². The van der Waals surface area contributed by atoms with Crippen molar-refractivity contribution in [1.82, 2.24) is 4.98 Å². The highest BCUT2D eigenvalue weighted by molar-refractivity contribution is 9.10. The fraction of sp³-hybridized carbons (Fsp3) is 0.133. The third kappa shape index (κ3) is 5.00.